The van der Waals surface area contributed by atoms with Crippen molar-refractivity contribution in [3.05, 3.63) is 48.0 Å². The molecule has 0 heterocycles. The fourth-order valence-corrected chi connectivity index (χ4v) is 2.05. The van der Waals surface area contributed by atoms with Crippen LogP contribution in [-0.2, 0) is 6.18 Å². The Morgan fingerprint density at radius 2 is 1.43 bits per heavy atom. The highest BCUT2D eigenvalue weighted by atomic mass is 19.4. The second-order valence-corrected chi connectivity index (χ2v) is 4.67. The van der Waals surface area contributed by atoms with Crippen molar-refractivity contribution in [2.75, 3.05) is 12.3 Å². The number of hydrogen-bond donors (Lipinski definition) is 1. The number of para-hydroxylation sites is 1. The molecule has 124 valence electrons. The van der Waals surface area contributed by atoms with Gasteiger partial charge in [-0.3, -0.25) is 0 Å². The third-order valence-electron chi connectivity index (χ3n) is 2.95. The zero-order valence-corrected chi connectivity index (χ0v) is 11.5. The van der Waals surface area contributed by atoms with Crippen LogP contribution in [0.2, 0.25) is 0 Å². The van der Waals surface area contributed by atoms with Crippen molar-refractivity contribution in [3.63, 3.8) is 0 Å². The summed E-state index contributed by atoms with van der Waals surface area (Å²) in [5.74, 6) is -0.429. The van der Waals surface area contributed by atoms with Gasteiger partial charge in [0.2, 0.25) is 0 Å². The first-order chi connectivity index (χ1) is 10.6. The summed E-state index contributed by atoms with van der Waals surface area (Å²) in [7, 11) is 0. The van der Waals surface area contributed by atoms with Crippen molar-refractivity contribution >= 4 is 5.69 Å². The summed E-state index contributed by atoms with van der Waals surface area (Å²) >= 11 is 0. The molecular weight excluding hydrogens is 324 g/mol. The number of rotatable bonds is 3. The van der Waals surface area contributed by atoms with E-state index >= 15 is 0 Å². The second-order valence-electron chi connectivity index (χ2n) is 4.67. The minimum absolute atomic E-state index is 0.151. The van der Waals surface area contributed by atoms with E-state index in [4.69, 9.17) is 5.73 Å². The first-order valence-corrected chi connectivity index (χ1v) is 6.34. The van der Waals surface area contributed by atoms with Crippen LogP contribution in [0.1, 0.15) is 5.56 Å². The van der Waals surface area contributed by atoms with Crippen molar-refractivity contribution in [1.29, 1.82) is 0 Å². The number of halogens is 6. The summed E-state index contributed by atoms with van der Waals surface area (Å²) in [6.45, 7) is -1.65. The highest BCUT2D eigenvalue weighted by Crippen LogP contribution is 2.42. The molecule has 2 aromatic rings. The van der Waals surface area contributed by atoms with E-state index in [9.17, 15) is 26.3 Å². The molecule has 2 nitrogen and oxygen atoms in total. The Hall–Kier alpha value is -2.38. The molecule has 0 unspecified atom stereocenters. The molecule has 0 spiro atoms. The molecule has 0 aliphatic heterocycles. The molecule has 0 aromatic heterocycles. The van der Waals surface area contributed by atoms with Crippen molar-refractivity contribution in [2.24, 2.45) is 0 Å². The number of hydrogen-bond acceptors (Lipinski definition) is 2. The number of nitrogen functional groups attached to an aromatic ring is 1. The van der Waals surface area contributed by atoms with E-state index in [0.29, 0.717) is 0 Å². The Bertz CT molecular complexity index is 693. The first kappa shape index (κ1) is 17.0. The maximum absolute atomic E-state index is 13.1. The zero-order valence-electron chi connectivity index (χ0n) is 11.5. The normalized spacial score (nSPS) is 12.3. The van der Waals surface area contributed by atoms with Gasteiger partial charge in [-0.2, -0.15) is 26.3 Å². The van der Waals surface area contributed by atoms with Gasteiger partial charge >= 0.3 is 12.4 Å². The lowest BCUT2D eigenvalue weighted by atomic mass is 9.98. The Morgan fingerprint density at radius 1 is 0.826 bits per heavy atom. The van der Waals surface area contributed by atoms with Gasteiger partial charge < -0.3 is 10.5 Å². The molecule has 0 bridgehead atoms. The van der Waals surface area contributed by atoms with Crippen LogP contribution in [0.5, 0.6) is 5.75 Å². The molecule has 2 rings (SSSR count). The van der Waals surface area contributed by atoms with Gasteiger partial charge in [-0.1, -0.05) is 30.3 Å². The molecule has 2 aromatic carbocycles. The molecule has 0 saturated heterocycles. The van der Waals surface area contributed by atoms with Crippen LogP contribution >= 0.6 is 0 Å². The van der Waals surface area contributed by atoms with E-state index in [2.05, 4.69) is 4.74 Å². The fraction of sp³-hybridized carbons (Fsp3) is 0.200. The van der Waals surface area contributed by atoms with E-state index in [1.54, 1.807) is 0 Å². The van der Waals surface area contributed by atoms with E-state index in [1.807, 2.05) is 0 Å². The predicted octanol–water partition coefficient (Wildman–Crippen LogP) is 4.90. The maximum Gasteiger partial charge on any atom is 0.422 e. The summed E-state index contributed by atoms with van der Waals surface area (Å²) in [5, 5.41) is 0. The Labute approximate surface area is 127 Å². The fourth-order valence-electron chi connectivity index (χ4n) is 2.05. The number of alkyl halides is 6. The van der Waals surface area contributed by atoms with Crippen LogP contribution in [0, 0.1) is 0 Å². The number of anilines is 1. The van der Waals surface area contributed by atoms with Gasteiger partial charge in [0.25, 0.3) is 0 Å². The third kappa shape index (κ3) is 4.08. The average Bonchev–Trinajstić information content (AvgIpc) is 2.44. The molecule has 0 fully saturated rings. The predicted molar refractivity (Wildman–Crippen MR) is 72.8 cm³/mol. The summed E-state index contributed by atoms with van der Waals surface area (Å²) in [6, 6.07) is 8.36. The van der Waals surface area contributed by atoms with Gasteiger partial charge in [0.05, 0.1) is 11.3 Å². The molecule has 23 heavy (non-hydrogen) atoms. The summed E-state index contributed by atoms with van der Waals surface area (Å²) in [6.07, 6.45) is -9.30. The molecule has 0 saturated carbocycles. The molecule has 0 atom stereocenters. The number of nitrogens with two attached hydrogens (primary N) is 1. The van der Waals surface area contributed by atoms with Gasteiger partial charge in [-0.25, -0.2) is 0 Å². The molecule has 2 N–H and O–H groups in total. The van der Waals surface area contributed by atoms with Crippen LogP contribution in [0.3, 0.4) is 0 Å². The summed E-state index contributed by atoms with van der Waals surface area (Å²) in [4.78, 5) is 0. The quantitative estimate of drug-likeness (QED) is 0.640. The van der Waals surface area contributed by atoms with Crippen LogP contribution in [0.25, 0.3) is 11.1 Å². The first-order valence-electron chi connectivity index (χ1n) is 6.34. The van der Waals surface area contributed by atoms with Gasteiger partial charge in [0.1, 0.15) is 0 Å². The largest absolute Gasteiger partial charge is 0.481 e. The standard InChI is InChI=1S/C15H11F6NO/c16-14(17,18)8-23-13-10(5-3-7-12(13)22)9-4-1-2-6-11(9)15(19,20)21/h1-7H,8,22H2. The van der Waals surface area contributed by atoms with Crippen molar-refractivity contribution in [3.8, 4) is 16.9 Å². The lowest BCUT2D eigenvalue weighted by Gasteiger charge is -2.18. The maximum atomic E-state index is 13.1. The third-order valence-corrected chi connectivity index (χ3v) is 2.95. The molecule has 0 aliphatic carbocycles. The Balaban J connectivity index is 2.55. The van der Waals surface area contributed by atoms with Crippen molar-refractivity contribution < 1.29 is 31.1 Å². The van der Waals surface area contributed by atoms with E-state index in [0.717, 1.165) is 12.1 Å². The smallest absolute Gasteiger partial charge is 0.422 e. The summed E-state index contributed by atoms with van der Waals surface area (Å²) < 4.78 is 80.9. The highest BCUT2D eigenvalue weighted by molar-refractivity contribution is 5.79. The minimum atomic E-state index is -4.66. The van der Waals surface area contributed by atoms with Crippen LogP contribution < -0.4 is 10.5 Å². The van der Waals surface area contributed by atoms with Gasteiger partial charge in [0, 0.05) is 5.56 Å². The molecule has 8 heteroatoms. The van der Waals surface area contributed by atoms with Gasteiger partial charge in [-0.15, -0.1) is 0 Å². The molecular formula is C15H11F6NO. The van der Waals surface area contributed by atoms with Crippen LogP contribution in [0.4, 0.5) is 32.0 Å². The number of ether oxygens (including phenoxy) is 1. The van der Waals surface area contributed by atoms with Crippen LogP contribution in [0.15, 0.2) is 42.5 Å². The molecule has 0 radical (unpaired) electrons. The van der Waals surface area contributed by atoms with E-state index in [1.165, 1.54) is 30.3 Å². The second kappa shape index (κ2) is 6.02. The van der Waals surface area contributed by atoms with Crippen LogP contribution in [-0.4, -0.2) is 12.8 Å². The van der Waals surface area contributed by atoms with Gasteiger partial charge in [0.15, 0.2) is 12.4 Å². The minimum Gasteiger partial charge on any atom is -0.481 e. The highest BCUT2D eigenvalue weighted by Gasteiger charge is 2.34. The monoisotopic (exact) mass is 335 g/mol. The Morgan fingerprint density at radius 3 is 2.04 bits per heavy atom. The van der Waals surface area contributed by atoms with E-state index < -0.39 is 30.3 Å². The zero-order chi connectivity index (χ0) is 17.3. The lowest BCUT2D eigenvalue weighted by molar-refractivity contribution is -0.153. The molecule has 0 amide bonds. The SMILES string of the molecule is Nc1cccc(-c2ccccc2C(F)(F)F)c1OCC(F)(F)F. The Kier molecular flexibility index (Phi) is 4.44. The lowest BCUT2D eigenvalue weighted by Crippen LogP contribution is -2.20. The number of benzene rings is 2. The topological polar surface area (TPSA) is 35.2 Å². The average molecular weight is 335 g/mol. The molecule has 0 aliphatic rings. The van der Waals surface area contributed by atoms with E-state index in [-0.39, 0.29) is 16.8 Å². The van der Waals surface area contributed by atoms with Crippen molar-refractivity contribution in [1.82, 2.24) is 0 Å². The summed E-state index contributed by atoms with van der Waals surface area (Å²) in [5.41, 5.74) is 3.96. The van der Waals surface area contributed by atoms with Gasteiger partial charge in [-0.05, 0) is 17.7 Å². The van der Waals surface area contributed by atoms with Crippen molar-refractivity contribution in [2.45, 2.75) is 12.4 Å².